The number of ether oxygens (including phenoxy) is 1. The Morgan fingerprint density at radius 2 is 2.03 bits per heavy atom. The normalized spacial score (nSPS) is 25.4. The average Bonchev–Trinajstić information content (AvgIpc) is 2.75. The number of carbonyl (C=O) groups excluding carboxylic acids is 2. The number of amides is 2. The van der Waals surface area contributed by atoms with Gasteiger partial charge < -0.3 is 25.4 Å². The Balaban J connectivity index is 1.45. The molecule has 1 aliphatic heterocycles. The summed E-state index contributed by atoms with van der Waals surface area (Å²) in [6.45, 7) is 3.90. The Morgan fingerprint density at radius 1 is 1.24 bits per heavy atom. The van der Waals surface area contributed by atoms with E-state index in [1.807, 2.05) is 18.2 Å². The largest absolute Gasteiger partial charge is 0.450 e. The van der Waals surface area contributed by atoms with E-state index in [-0.39, 0.29) is 30.0 Å². The third-order valence-corrected chi connectivity index (χ3v) is 5.83. The number of hydrogen-bond donors (Lipinski definition) is 3. The molecule has 1 aliphatic carbocycles. The van der Waals surface area contributed by atoms with E-state index in [2.05, 4.69) is 15.6 Å². The van der Waals surface area contributed by atoms with Crippen LogP contribution < -0.4 is 10.6 Å². The summed E-state index contributed by atoms with van der Waals surface area (Å²) in [5.41, 5.74) is 0.833. The van der Waals surface area contributed by atoms with E-state index < -0.39 is 6.10 Å². The van der Waals surface area contributed by atoms with E-state index in [9.17, 15) is 14.7 Å². The summed E-state index contributed by atoms with van der Waals surface area (Å²) in [5.74, 6) is -0.0919. The van der Waals surface area contributed by atoms with Crippen LogP contribution in [-0.2, 0) is 16.1 Å². The maximum Gasteiger partial charge on any atom is 0.409 e. The fraction of sp³-hybridized carbons (Fsp3) is 0.667. The van der Waals surface area contributed by atoms with Crippen LogP contribution in [0.25, 0.3) is 0 Å². The zero-order chi connectivity index (χ0) is 20.6. The molecule has 0 bridgehead atoms. The SMILES string of the molecule is CCOC(=O)N1CCC(N[C@@H]2C[C@@H](C(=O)NCc3ccccn3)CC[C@H]2O)CC1. The molecule has 0 spiro atoms. The monoisotopic (exact) mass is 404 g/mol. The van der Waals surface area contributed by atoms with Crippen LogP contribution in [-0.4, -0.2) is 64.9 Å². The lowest BCUT2D eigenvalue weighted by atomic mass is 9.82. The highest BCUT2D eigenvalue weighted by molar-refractivity contribution is 5.78. The third kappa shape index (κ3) is 6.14. The molecular formula is C21H32N4O4. The van der Waals surface area contributed by atoms with Crippen molar-refractivity contribution in [1.29, 1.82) is 0 Å². The van der Waals surface area contributed by atoms with Gasteiger partial charge in [0.25, 0.3) is 0 Å². The first-order chi connectivity index (χ1) is 14.1. The van der Waals surface area contributed by atoms with E-state index in [1.165, 1.54) is 0 Å². The van der Waals surface area contributed by atoms with Crippen LogP contribution in [0.2, 0.25) is 0 Å². The summed E-state index contributed by atoms with van der Waals surface area (Å²) < 4.78 is 5.06. The highest BCUT2D eigenvalue weighted by Crippen LogP contribution is 2.26. The second kappa shape index (κ2) is 10.5. The number of carbonyl (C=O) groups is 2. The van der Waals surface area contributed by atoms with E-state index in [4.69, 9.17) is 4.74 Å². The van der Waals surface area contributed by atoms with Crippen LogP contribution in [0.3, 0.4) is 0 Å². The molecular weight excluding hydrogens is 372 g/mol. The van der Waals surface area contributed by atoms with Gasteiger partial charge in [0.05, 0.1) is 24.9 Å². The average molecular weight is 405 g/mol. The Labute approximate surface area is 172 Å². The smallest absolute Gasteiger partial charge is 0.409 e. The maximum absolute atomic E-state index is 12.6. The topological polar surface area (TPSA) is 104 Å². The Hall–Kier alpha value is -2.19. The molecule has 2 aliphatic rings. The van der Waals surface area contributed by atoms with Gasteiger partial charge in [0.15, 0.2) is 0 Å². The van der Waals surface area contributed by atoms with Crippen LogP contribution in [0.4, 0.5) is 4.79 Å². The lowest BCUT2D eigenvalue weighted by molar-refractivity contribution is -0.127. The van der Waals surface area contributed by atoms with Gasteiger partial charge in [0.2, 0.25) is 5.91 Å². The van der Waals surface area contributed by atoms with E-state index in [1.54, 1.807) is 18.0 Å². The van der Waals surface area contributed by atoms with Crippen molar-refractivity contribution >= 4 is 12.0 Å². The van der Waals surface area contributed by atoms with Crippen molar-refractivity contribution in [2.75, 3.05) is 19.7 Å². The van der Waals surface area contributed by atoms with Gasteiger partial charge in [-0.05, 0) is 51.2 Å². The molecule has 3 atom stereocenters. The second-order valence-electron chi connectivity index (χ2n) is 7.85. The lowest BCUT2D eigenvalue weighted by Gasteiger charge is -2.38. The van der Waals surface area contributed by atoms with Crippen molar-refractivity contribution in [3.8, 4) is 0 Å². The molecule has 0 radical (unpaired) electrons. The molecule has 1 saturated heterocycles. The minimum atomic E-state index is -0.446. The summed E-state index contributed by atoms with van der Waals surface area (Å²) in [4.78, 5) is 30.4. The van der Waals surface area contributed by atoms with Crippen molar-refractivity contribution in [3.63, 3.8) is 0 Å². The number of nitrogens with one attached hydrogen (secondary N) is 2. The maximum atomic E-state index is 12.6. The highest BCUT2D eigenvalue weighted by Gasteiger charge is 2.35. The van der Waals surface area contributed by atoms with Crippen molar-refractivity contribution in [3.05, 3.63) is 30.1 Å². The first-order valence-electron chi connectivity index (χ1n) is 10.6. The van der Waals surface area contributed by atoms with Crippen molar-refractivity contribution in [1.82, 2.24) is 20.5 Å². The van der Waals surface area contributed by atoms with Crippen LogP contribution in [0.5, 0.6) is 0 Å². The number of aromatic nitrogens is 1. The molecule has 8 heteroatoms. The zero-order valence-corrected chi connectivity index (χ0v) is 17.0. The summed E-state index contributed by atoms with van der Waals surface area (Å²) >= 11 is 0. The number of pyridine rings is 1. The number of likely N-dealkylation sites (tertiary alicyclic amines) is 1. The fourth-order valence-corrected chi connectivity index (χ4v) is 4.14. The second-order valence-corrected chi connectivity index (χ2v) is 7.85. The molecule has 3 rings (SSSR count). The quantitative estimate of drug-likeness (QED) is 0.663. The molecule has 0 unspecified atom stereocenters. The van der Waals surface area contributed by atoms with E-state index in [0.717, 1.165) is 18.5 Å². The summed E-state index contributed by atoms with van der Waals surface area (Å²) in [5, 5.41) is 16.9. The van der Waals surface area contributed by atoms with Crippen LogP contribution >= 0.6 is 0 Å². The standard InChI is InChI=1S/C21H32N4O4/c1-2-29-21(28)25-11-8-16(9-12-25)24-18-13-15(6-7-19(18)26)20(27)23-14-17-5-3-4-10-22-17/h3-5,10,15-16,18-19,24,26H,2,6-9,11-14H2,1H3,(H,23,27)/t15-,18+,19+/m0/s1. The molecule has 1 saturated carbocycles. The molecule has 8 nitrogen and oxygen atoms in total. The minimum Gasteiger partial charge on any atom is -0.450 e. The molecule has 2 fully saturated rings. The number of hydrogen-bond acceptors (Lipinski definition) is 6. The number of nitrogens with zero attached hydrogens (tertiary/aromatic N) is 2. The predicted octanol–water partition coefficient (Wildman–Crippen LogP) is 1.44. The highest BCUT2D eigenvalue weighted by atomic mass is 16.6. The molecule has 3 N–H and O–H groups in total. The van der Waals surface area contributed by atoms with E-state index >= 15 is 0 Å². The molecule has 1 aromatic rings. The van der Waals surface area contributed by atoms with E-state index in [0.29, 0.717) is 45.5 Å². The molecule has 0 aromatic carbocycles. The number of rotatable bonds is 6. The van der Waals surface area contributed by atoms with Gasteiger partial charge in [0.1, 0.15) is 0 Å². The Bertz CT molecular complexity index is 664. The predicted molar refractivity (Wildman–Crippen MR) is 108 cm³/mol. The first-order valence-corrected chi connectivity index (χ1v) is 10.6. The summed E-state index contributed by atoms with van der Waals surface area (Å²) in [7, 11) is 0. The van der Waals surface area contributed by atoms with Crippen molar-refractivity contribution < 1.29 is 19.4 Å². The van der Waals surface area contributed by atoms with Crippen LogP contribution in [0.1, 0.15) is 44.7 Å². The van der Waals surface area contributed by atoms with Gasteiger partial charge in [-0.3, -0.25) is 9.78 Å². The molecule has 2 heterocycles. The fourth-order valence-electron chi connectivity index (χ4n) is 4.14. The molecule has 1 aromatic heterocycles. The van der Waals surface area contributed by atoms with Gasteiger partial charge in [0, 0.05) is 37.3 Å². The third-order valence-electron chi connectivity index (χ3n) is 5.83. The lowest BCUT2D eigenvalue weighted by Crippen LogP contribution is -2.53. The Kier molecular flexibility index (Phi) is 7.83. The molecule has 2 amide bonds. The van der Waals surface area contributed by atoms with Crippen LogP contribution in [0.15, 0.2) is 24.4 Å². The van der Waals surface area contributed by atoms with Gasteiger partial charge in [-0.15, -0.1) is 0 Å². The zero-order valence-electron chi connectivity index (χ0n) is 17.0. The van der Waals surface area contributed by atoms with Gasteiger partial charge >= 0.3 is 6.09 Å². The number of piperidine rings is 1. The molecule has 160 valence electrons. The summed E-state index contributed by atoms with van der Waals surface area (Å²) in [6, 6.07) is 5.77. The van der Waals surface area contributed by atoms with Gasteiger partial charge in [-0.1, -0.05) is 6.07 Å². The van der Waals surface area contributed by atoms with Crippen molar-refractivity contribution in [2.24, 2.45) is 5.92 Å². The Morgan fingerprint density at radius 3 is 2.72 bits per heavy atom. The van der Waals surface area contributed by atoms with Gasteiger partial charge in [-0.2, -0.15) is 0 Å². The minimum absolute atomic E-state index is 0.0199. The summed E-state index contributed by atoms with van der Waals surface area (Å²) in [6.07, 6.45) is 4.57. The van der Waals surface area contributed by atoms with Crippen LogP contribution in [0, 0.1) is 5.92 Å². The van der Waals surface area contributed by atoms with Crippen molar-refractivity contribution in [2.45, 2.75) is 63.8 Å². The first kappa shape index (κ1) is 21.5. The number of aliphatic hydroxyl groups excluding tert-OH is 1. The molecule has 29 heavy (non-hydrogen) atoms. The van der Waals surface area contributed by atoms with Gasteiger partial charge in [-0.25, -0.2) is 4.79 Å². The number of aliphatic hydroxyl groups is 1.